The van der Waals surface area contributed by atoms with Crippen LogP contribution in [-0.4, -0.2) is 16.9 Å². The van der Waals surface area contributed by atoms with Gasteiger partial charge < -0.3 is 10.5 Å². The molecule has 0 bridgehead atoms. The highest BCUT2D eigenvalue weighted by Gasteiger charge is 2.17. The minimum atomic E-state index is -0.145. The van der Waals surface area contributed by atoms with Gasteiger partial charge in [0.1, 0.15) is 5.75 Å². The molecule has 0 fully saturated rings. The van der Waals surface area contributed by atoms with Crippen LogP contribution in [0.1, 0.15) is 36.5 Å². The van der Waals surface area contributed by atoms with Crippen molar-refractivity contribution in [2.75, 3.05) is 7.11 Å². The van der Waals surface area contributed by atoms with E-state index in [0.29, 0.717) is 6.04 Å². The summed E-state index contributed by atoms with van der Waals surface area (Å²) in [6.45, 7) is 4.19. The fourth-order valence-corrected chi connectivity index (χ4v) is 2.62. The van der Waals surface area contributed by atoms with E-state index in [1.165, 1.54) is 0 Å². The van der Waals surface area contributed by atoms with Gasteiger partial charge in [0, 0.05) is 22.5 Å². The average molecular weight is 251 g/mol. The zero-order valence-electron chi connectivity index (χ0n) is 10.3. The van der Waals surface area contributed by atoms with Crippen molar-refractivity contribution in [3.63, 3.8) is 0 Å². The van der Waals surface area contributed by atoms with E-state index in [1.54, 1.807) is 24.6 Å². The third-order valence-electron chi connectivity index (χ3n) is 2.65. The van der Waals surface area contributed by atoms with Crippen LogP contribution < -0.4 is 10.5 Å². The van der Waals surface area contributed by atoms with Crippen LogP contribution >= 0.6 is 11.3 Å². The normalized spacial score (nSPS) is 13.0. The van der Waals surface area contributed by atoms with E-state index < -0.39 is 0 Å². The van der Waals surface area contributed by atoms with Gasteiger partial charge in [0.05, 0.1) is 18.8 Å². The van der Waals surface area contributed by atoms with Gasteiger partial charge in [-0.2, -0.15) is 5.10 Å². The number of nitrogens with two attached hydrogens (primary N) is 1. The van der Waals surface area contributed by atoms with Gasteiger partial charge in [-0.25, -0.2) is 0 Å². The van der Waals surface area contributed by atoms with E-state index in [1.807, 2.05) is 22.2 Å². The molecule has 0 aliphatic rings. The third-order valence-corrected chi connectivity index (χ3v) is 3.64. The van der Waals surface area contributed by atoms with Gasteiger partial charge in [0.25, 0.3) is 0 Å². The number of hydrogen-bond acceptors (Lipinski definition) is 4. The summed E-state index contributed by atoms with van der Waals surface area (Å²) in [7, 11) is 1.66. The Kier molecular flexibility index (Phi) is 3.49. The molecule has 2 aromatic rings. The van der Waals surface area contributed by atoms with Gasteiger partial charge in [0.15, 0.2) is 0 Å². The van der Waals surface area contributed by atoms with Crippen LogP contribution in [0.4, 0.5) is 0 Å². The van der Waals surface area contributed by atoms with E-state index in [2.05, 4.69) is 18.9 Å². The molecule has 2 heterocycles. The number of rotatable bonds is 4. The molecule has 1 atom stereocenters. The smallest absolute Gasteiger partial charge is 0.129 e. The molecule has 0 spiro atoms. The minimum Gasteiger partial charge on any atom is -0.496 e. The van der Waals surface area contributed by atoms with Crippen molar-refractivity contribution in [3.8, 4) is 5.75 Å². The Balaban J connectivity index is 2.30. The van der Waals surface area contributed by atoms with Gasteiger partial charge in [-0.15, -0.1) is 11.3 Å². The van der Waals surface area contributed by atoms with Crippen molar-refractivity contribution < 1.29 is 4.74 Å². The molecule has 4 nitrogen and oxygen atoms in total. The Labute approximate surface area is 105 Å². The SMILES string of the molecule is COc1csc(C(N)c2ccnn2C(C)C)c1. The summed E-state index contributed by atoms with van der Waals surface area (Å²) in [5, 5.41) is 6.26. The lowest BCUT2D eigenvalue weighted by molar-refractivity contribution is 0.416. The van der Waals surface area contributed by atoms with Crippen LogP contribution in [0.2, 0.25) is 0 Å². The summed E-state index contributed by atoms with van der Waals surface area (Å²) in [6, 6.07) is 4.12. The maximum atomic E-state index is 6.26. The molecule has 2 aromatic heterocycles. The number of hydrogen-bond donors (Lipinski definition) is 1. The second kappa shape index (κ2) is 4.89. The van der Waals surface area contributed by atoms with Gasteiger partial charge >= 0.3 is 0 Å². The first-order chi connectivity index (χ1) is 8.13. The summed E-state index contributed by atoms with van der Waals surface area (Å²) in [6.07, 6.45) is 1.79. The molecule has 2 rings (SSSR count). The summed E-state index contributed by atoms with van der Waals surface area (Å²) in [4.78, 5) is 1.09. The number of methoxy groups -OCH3 is 1. The van der Waals surface area contributed by atoms with Crippen molar-refractivity contribution in [1.82, 2.24) is 9.78 Å². The maximum absolute atomic E-state index is 6.26. The van der Waals surface area contributed by atoms with E-state index in [0.717, 1.165) is 16.3 Å². The fraction of sp³-hybridized carbons (Fsp3) is 0.417. The van der Waals surface area contributed by atoms with Gasteiger partial charge in [-0.3, -0.25) is 4.68 Å². The largest absolute Gasteiger partial charge is 0.496 e. The van der Waals surface area contributed by atoms with Gasteiger partial charge in [0.2, 0.25) is 0 Å². The van der Waals surface area contributed by atoms with E-state index >= 15 is 0 Å². The Hall–Kier alpha value is -1.33. The molecule has 5 heteroatoms. The Morgan fingerprint density at radius 3 is 2.82 bits per heavy atom. The topological polar surface area (TPSA) is 53.1 Å². The Morgan fingerprint density at radius 2 is 2.24 bits per heavy atom. The number of aromatic nitrogens is 2. The van der Waals surface area contributed by atoms with Crippen molar-refractivity contribution in [3.05, 3.63) is 34.3 Å². The lowest BCUT2D eigenvalue weighted by atomic mass is 10.1. The molecular weight excluding hydrogens is 234 g/mol. The quantitative estimate of drug-likeness (QED) is 0.908. The van der Waals surface area contributed by atoms with Crippen molar-refractivity contribution >= 4 is 11.3 Å². The molecule has 0 aliphatic carbocycles. The van der Waals surface area contributed by atoms with Crippen LogP contribution in [0, 0.1) is 0 Å². The van der Waals surface area contributed by atoms with Gasteiger partial charge in [-0.1, -0.05) is 0 Å². The number of thiophene rings is 1. The average Bonchev–Trinajstić information content (AvgIpc) is 2.97. The highest BCUT2D eigenvalue weighted by atomic mass is 32.1. The first kappa shape index (κ1) is 12.1. The minimum absolute atomic E-state index is 0.145. The summed E-state index contributed by atoms with van der Waals surface area (Å²) in [5.74, 6) is 0.857. The predicted molar refractivity (Wildman–Crippen MR) is 69.5 cm³/mol. The summed E-state index contributed by atoms with van der Waals surface area (Å²) >= 11 is 1.61. The molecule has 0 aliphatic heterocycles. The van der Waals surface area contributed by atoms with E-state index in [4.69, 9.17) is 10.5 Å². The van der Waals surface area contributed by atoms with Crippen LogP contribution in [-0.2, 0) is 0 Å². The summed E-state index contributed by atoms with van der Waals surface area (Å²) < 4.78 is 7.13. The molecule has 1 unspecified atom stereocenters. The Bertz CT molecular complexity index is 489. The third kappa shape index (κ3) is 2.35. The second-order valence-electron chi connectivity index (χ2n) is 4.16. The monoisotopic (exact) mass is 251 g/mol. The molecular formula is C12H17N3OS. The van der Waals surface area contributed by atoms with Crippen LogP contribution in [0.5, 0.6) is 5.75 Å². The lowest BCUT2D eigenvalue weighted by Gasteiger charge is -2.15. The predicted octanol–water partition coefficient (Wildman–Crippen LogP) is 2.58. The Morgan fingerprint density at radius 1 is 1.47 bits per heavy atom. The molecule has 0 aromatic carbocycles. The zero-order chi connectivity index (χ0) is 12.4. The van der Waals surface area contributed by atoms with E-state index in [-0.39, 0.29) is 6.04 Å². The molecule has 0 amide bonds. The molecule has 17 heavy (non-hydrogen) atoms. The van der Waals surface area contributed by atoms with E-state index in [9.17, 15) is 0 Å². The van der Waals surface area contributed by atoms with Crippen LogP contribution in [0.3, 0.4) is 0 Å². The van der Waals surface area contributed by atoms with Crippen LogP contribution in [0.25, 0.3) is 0 Å². The summed E-state index contributed by atoms with van der Waals surface area (Å²) in [5.41, 5.74) is 7.29. The highest BCUT2D eigenvalue weighted by molar-refractivity contribution is 7.10. The first-order valence-corrected chi connectivity index (χ1v) is 6.43. The highest BCUT2D eigenvalue weighted by Crippen LogP contribution is 2.30. The first-order valence-electron chi connectivity index (χ1n) is 5.55. The van der Waals surface area contributed by atoms with Gasteiger partial charge in [-0.05, 0) is 26.0 Å². The molecule has 2 N–H and O–H groups in total. The number of nitrogens with zero attached hydrogens (tertiary/aromatic N) is 2. The van der Waals surface area contributed by atoms with Crippen LogP contribution in [0.15, 0.2) is 23.7 Å². The fourth-order valence-electron chi connectivity index (χ4n) is 1.75. The molecule has 0 saturated heterocycles. The lowest BCUT2D eigenvalue weighted by Crippen LogP contribution is -2.17. The number of ether oxygens (including phenoxy) is 1. The van der Waals surface area contributed by atoms with Crippen molar-refractivity contribution in [2.24, 2.45) is 5.73 Å². The molecule has 0 radical (unpaired) electrons. The van der Waals surface area contributed by atoms with Crippen molar-refractivity contribution in [1.29, 1.82) is 0 Å². The zero-order valence-corrected chi connectivity index (χ0v) is 11.1. The maximum Gasteiger partial charge on any atom is 0.129 e. The molecule has 0 saturated carbocycles. The standard InChI is InChI=1S/C12H17N3OS/c1-8(2)15-10(4-5-14-15)12(13)11-6-9(16-3)7-17-11/h4-8,12H,13H2,1-3H3. The molecule has 92 valence electrons. The van der Waals surface area contributed by atoms with Crippen molar-refractivity contribution in [2.45, 2.75) is 25.9 Å². The second-order valence-corrected chi connectivity index (χ2v) is 5.10.